The predicted molar refractivity (Wildman–Crippen MR) is 114 cm³/mol. The molecule has 2 aliphatic rings. The Kier molecular flexibility index (Phi) is 5.81. The van der Waals surface area contributed by atoms with Gasteiger partial charge < -0.3 is 5.32 Å². The summed E-state index contributed by atoms with van der Waals surface area (Å²) < 4.78 is 0. The second-order valence-corrected chi connectivity index (χ2v) is 8.04. The maximum absolute atomic E-state index is 4.55. The first-order chi connectivity index (χ1) is 13.3. The molecule has 4 heteroatoms. The highest BCUT2D eigenvalue weighted by Crippen LogP contribution is 2.33. The second-order valence-electron chi connectivity index (χ2n) is 8.04. The number of hydrogen-bond donors (Lipinski definition) is 1. The van der Waals surface area contributed by atoms with Crippen LogP contribution < -0.4 is 5.32 Å². The zero-order valence-corrected chi connectivity index (χ0v) is 16.3. The van der Waals surface area contributed by atoms with Gasteiger partial charge in [-0.15, -0.1) is 0 Å². The molecule has 0 spiro atoms. The van der Waals surface area contributed by atoms with Gasteiger partial charge >= 0.3 is 0 Å². The number of hydrogen-bond acceptors (Lipinski definition) is 4. The molecule has 1 N–H and O–H groups in total. The van der Waals surface area contributed by atoms with Gasteiger partial charge in [0.2, 0.25) is 0 Å². The SMILES string of the molecule is CCC1CCC(CCCNc2cc3cc(C4=CN=CC4)ncc3cn2)CC1. The molecule has 4 nitrogen and oxygen atoms in total. The van der Waals surface area contributed by atoms with Crippen molar-refractivity contribution in [2.45, 2.75) is 58.3 Å². The van der Waals surface area contributed by atoms with Crippen molar-refractivity contribution in [3.63, 3.8) is 0 Å². The lowest BCUT2D eigenvalue weighted by atomic mass is 9.79. The summed E-state index contributed by atoms with van der Waals surface area (Å²) in [6.07, 6.45) is 18.2. The molecular formula is C23H30N4. The molecule has 0 atom stereocenters. The summed E-state index contributed by atoms with van der Waals surface area (Å²) >= 11 is 0. The van der Waals surface area contributed by atoms with Crippen LogP contribution in [-0.2, 0) is 0 Å². The van der Waals surface area contributed by atoms with E-state index >= 15 is 0 Å². The number of aromatic nitrogens is 2. The summed E-state index contributed by atoms with van der Waals surface area (Å²) in [7, 11) is 0. The largest absolute Gasteiger partial charge is 0.370 e. The van der Waals surface area contributed by atoms with Crippen molar-refractivity contribution in [2.24, 2.45) is 16.8 Å². The smallest absolute Gasteiger partial charge is 0.126 e. The topological polar surface area (TPSA) is 50.2 Å². The number of allylic oxidation sites excluding steroid dienone is 1. The minimum absolute atomic E-state index is 0.870. The van der Waals surface area contributed by atoms with Crippen LogP contribution >= 0.6 is 0 Å². The van der Waals surface area contributed by atoms with Gasteiger partial charge in [-0.05, 0) is 42.2 Å². The Morgan fingerprint density at radius 1 is 1.00 bits per heavy atom. The molecule has 0 radical (unpaired) electrons. The lowest BCUT2D eigenvalue weighted by Gasteiger charge is -2.27. The van der Waals surface area contributed by atoms with Gasteiger partial charge in [-0.3, -0.25) is 9.98 Å². The molecule has 27 heavy (non-hydrogen) atoms. The van der Waals surface area contributed by atoms with Gasteiger partial charge in [-0.25, -0.2) is 4.98 Å². The third-order valence-corrected chi connectivity index (χ3v) is 6.22. The highest BCUT2D eigenvalue weighted by atomic mass is 15.0. The van der Waals surface area contributed by atoms with Crippen molar-refractivity contribution >= 4 is 28.4 Å². The maximum atomic E-state index is 4.55. The highest BCUT2D eigenvalue weighted by Gasteiger charge is 2.19. The number of anilines is 1. The summed E-state index contributed by atoms with van der Waals surface area (Å²) in [5.41, 5.74) is 2.20. The Bertz CT molecular complexity index is 831. The van der Waals surface area contributed by atoms with Crippen LogP contribution in [0.2, 0.25) is 0 Å². The van der Waals surface area contributed by atoms with E-state index in [2.05, 4.69) is 39.3 Å². The Morgan fingerprint density at radius 2 is 1.81 bits per heavy atom. The van der Waals surface area contributed by atoms with Crippen LogP contribution in [0.3, 0.4) is 0 Å². The molecular weight excluding hydrogens is 332 g/mol. The van der Waals surface area contributed by atoms with Crippen molar-refractivity contribution < 1.29 is 0 Å². The first-order valence-corrected chi connectivity index (χ1v) is 10.5. The van der Waals surface area contributed by atoms with Crippen LogP contribution in [0, 0.1) is 11.8 Å². The molecule has 0 amide bonds. The van der Waals surface area contributed by atoms with Crippen molar-refractivity contribution in [3.05, 3.63) is 36.4 Å². The predicted octanol–water partition coefficient (Wildman–Crippen LogP) is 5.85. The summed E-state index contributed by atoms with van der Waals surface area (Å²) in [5, 5.41) is 5.78. The van der Waals surface area contributed by atoms with E-state index < -0.39 is 0 Å². The molecule has 1 saturated carbocycles. The number of nitrogens with one attached hydrogen (secondary N) is 1. The van der Waals surface area contributed by atoms with Gasteiger partial charge in [-0.1, -0.05) is 39.0 Å². The Labute approximate surface area is 162 Å². The van der Waals surface area contributed by atoms with Crippen LogP contribution in [0.15, 0.2) is 35.7 Å². The monoisotopic (exact) mass is 362 g/mol. The molecule has 4 rings (SSSR count). The van der Waals surface area contributed by atoms with E-state index in [1.807, 2.05) is 24.8 Å². The molecule has 1 aliphatic heterocycles. The van der Waals surface area contributed by atoms with E-state index in [0.717, 1.165) is 41.7 Å². The van der Waals surface area contributed by atoms with Gasteiger partial charge in [0.05, 0.1) is 5.69 Å². The summed E-state index contributed by atoms with van der Waals surface area (Å²) in [6.45, 7) is 3.34. The summed E-state index contributed by atoms with van der Waals surface area (Å²) in [5.74, 6) is 2.90. The van der Waals surface area contributed by atoms with Crippen molar-refractivity contribution in [1.29, 1.82) is 0 Å². The molecule has 0 bridgehead atoms. The number of fused-ring (bicyclic) bond motifs is 1. The summed E-state index contributed by atoms with van der Waals surface area (Å²) in [4.78, 5) is 13.3. The molecule has 1 aliphatic carbocycles. The average Bonchev–Trinajstić information content (AvgIpc) is 3.26. The molecule has 142 valence electrons. The van der Waals surface area contributed by atoms with E-state index in [9.17, 15) is 0 Å². The molecule has 0 saturated heterocycles. The first kappa shape index (κ1) is 18.1. The van der Waals surface area contributed by atoms with E-state index in [0.29, 0.717) is 0 Å². The van der Waals surface area contributed by atoms with Crippen LogP contribution in [0.4, 0.5) is 5.82 Å². The number of aliphatic imine (C=N–C) groups is 1. The normalized spacial score (nSPS) is 22.2. The van der Waals surface area contributed by atoms with Gasteiger partial charge in [-0.2, -0.15) is 0 Å². The van der Waals surface area contributed by atoms with Crippen LogP contribution in [0.5, 0.6) is 0 Å². The highest BCUT2D eigenvalue weighted by molar-refractivity contribution is 5.89. The fraction of sp³-hybridized carbons (Fsp3) is 0.522. The number of nitrogens with zero attached hydrogens (tertiary/aromatic N) is 3. The van der Waals surface area contributed by atoms with Crippen LogP contribution in [0.1, 0.15) is 64.0 Å². The Hall–Kier alpha value is -2.23. The molecule has 0 aromatic carbocycles. The molecule has 1 fully saturated rings. The maximum Gasteiger partial charge on any atom is 0.126 e. The standard InChI is InChI=1S/C23H30N4/c1-2-17-5-7-18(8-6-17)4-3-10-25-23-13-20-12-22(19-9-11-24-14-19)26-15-21(20)16-27-23/h11-18H,2-10H2,1H3,(H,25,27). The van der Waals surface area contributed by atoms with Gasteiger partial charge in [0.25, 0.3) is 0 Å². The fourth-order valence-electron chi connectivity index (χ4n) is 4.36. The average molecular weight is 363 g/mol. The van der Waals surface area contributed by atoms with Crippen molar-refractivity contribution in [2.75, 3.05) is 11.9 Å². The Morgan fingerprint density at radius 3 is 2.59 bits per heavy atom. The second kappa shape index (κ2) is 8.64. The zero-order valence-electron chi connectivity index (χ0n) is 16.3. The lowest BCUT2D eigenvalue weighted by molar-refractivity contribution is 0.256. The van der Waals surface area contributed by atoms with Gasteiger partial charge in [0, 0.05) is 48.7 Å². The van der Waals surface area contributed by atoms with E-state index in [1.165, 1.54) is 55.9 Å². The minimum Gasteiger partial charge on any atom is -0.370 e. The molecule has 3 heterocycles. The quantitative estimate of drug-likeness (QED) is 0.628. The van der Waals surface area contributed by atoms with E-state index in [4.69, 9.17) is 0 Å². The third kappa shape index (κ3) is 4.55. The van der Waals surface area contributed by atoms with Crippen molar-refractivity contribution in [3.8, 4) is 0 Å². The summed E-state index contributed by atoms with van der Waals surface area (Å²) in [6, 6.07) is 4.29. The third-order valence-electron chi connectivity index (χ3n) is 6.22. The number of rotatable bonds is 7. The molecule has 2 aromatic rings. The van der Waals surface area contributed by atoms with Gasteiger partial charge in [0.1, 0.15) is 5.82 Å². The first-order valence-electron chi connectivity index (χ1n) is 10.5. The zero-order chi connectivity index (χ0) is 18.5. The fourth-order valence-corrected chi connectivity index (χ4v) is 4.36. The Balaban J connectivity index is 1.30. The van der Waals surface area contributed by atoms with Crippen molar-refractivity contribution in [1.82, 2.24) is 9.97 Å². The van der Waals surface area contributed by atoms with Gasteiger partial charge in [0.15, 0.2) is 0 Å². The van der Waals surface area contributed by atoms with Crippen LogP contribution in [-0.4, -0.2) is 22.7 Å². The van der Waals surface area contributed by atoms with E-state index in [-0.39, 0.29) is 0 Å². The van der Waals surface area contributed by atoms with E-state index in [1.54, 1.807) is 0 Å². The number of pyridine rings is 2. The molecule has 0 unspecified atom stereocenters. The molecule has 2 aromatic heterocycles. The lowest BCUT2D eigenvalue weighted by Crippen LogP contribution is -2.15. The van der Waals surface area contributed by atoms with Crippen LogP contribution in [0.25, 0.3) is 16.3 Å². The minimum atomic E-state index is 0.870.